The third kappa shape index (κ3) is 4.71. The predicted octanol–water partition coefficient (Wildman–Crippen LogP) is 2.50. The number of fused-ring (bicyclic) bond motifs is 1. The molecule has 2 N–H and O–H groups in total. The summed E-state index contributed by atoms with van der Waals surface area (Å²) in [7, 11) is 0. The number of hydrogen-bond acceptors (Lipinski definition) is 6. The Morgan fingerprint density at radius 3 is 3.07 bits per heavy atom. The van der Waals surface area contributed by atoms with Crippen LogP contribution in [0.4, 0.5) is 0 Å². The van der Waals surface area contributed by atoms with Crippen molar-refractivity contribution < 1.29 is 14.1 Å². The second kappa shape index (κ2) is 8.57. The lowest BCUT2D eigenvalue weighted by atomic mass is 10.1. The van der Waals surface area contributed by atoms with E-state index in [4.69, 9.17) is 9.26 Å². The summed E-state index contributed by atoms with van der Waals surface area (Å²) in [5.74, 6) is 0.657. The Bertz CT molecular complexity index is 1070. The molecule has 0 radical (unpaired) electrons. The van der Waals surface area contributed by atoms with Gasteiger partial charge in [0, 0.05) is 31.5 Å². The van der Waals surface area contributed by atoms with Crippen molar-refractivity contribution in [2.75, 3.05) is 13.2 Å². The van der Waals surface area contributed by atoms with Crippen LogP contribution in [0.25, 0.3) is 22.3 Å². The minimum absolute atomic E-state index is 0.0124. The van der Waals surface area contributed by atoms with E-state index in [1.807, 2.05) is 25.1 Å². The zero-order valence-corrected chi connectivity index (χ0v) is 16.4. The Balaban J connectivity index is 1.35. The van der Waals surface area contributed by atoms with Crippen LogP contribution in [0.15, 0.2) is 33.6 Å². The van der Waals surface area contributed by atoms with Crippen molar-refractivity contribution in [2.24, 2.45) is 0 Å². The molecule has 0 saturated carbocycles. The van der Waals surface area contributed by atoms with E-state index in [0.717, 1.165) is 35.9 Å². The van der Waals surface area contributed by atoms with E-state index in [-0.39, 0.29) is 23.4 Å². The minimum atomic E-state index is -0.262. The van der Waals surface area contributed by atoms with Crippen molar-refractivity contribution in [3.63, 3.8) is 0 Å². The first kappa shape index (κ1) is 19.3. The molecular weight excluding hydrogens is 372 g/mol. The molecule has 3 heterocycles. The van der Waals surface area contributed by atoms with Gasteiger partial charge in [-0.15, -0.1) is 0 Å². The minimum Gasteiger partial charge on any atom is -0.376 e. The van der Waals surface area contributed by atoms with Crippen molar-refractivity contribution in [3.05, 3.63) is 46.1 Å². The van der Waals surface area contributed by atoms with Gasteiger partial charge in [-0.05, 0) is 49.8 Å². The molecule has 1 unspecified atom stereocenters. The quantitative estimate of drug-likeness (QED) is 0.635. The first-order valence-electron chi connectivity index (χ1n) is 9.93. The average molecular weight is 396 g/mol. The van der Waals surface area contributed by atoms with Gasteiger partial charge >= 0.3 is 0 Å². The van der Waals surface area contributed by atoms with Gasteiger partial charge < -0.3 is 19.6 Å². The maximum atomic E-state index is 12.4. The molecule has 4 rings (SSSR count). The molecule has 1 fully saturated rings. The fraction of sp³-hybridized carbons (Fsp3) is 0.429. The van der Waals surface area contributed by atoms with Crippen LogP contribution in [-0.4, -0.2) is 40.3 Å². The molecule has 8 nitrogen and oxygen atoms in total. The van der Waals surface area contributed by atoms with Crippen molar-refractivity contribution in [1.82, 2.24) is 20.4 Å². The van der Waals surface area contributed by atoms with E-state index in [1.54, 1.807) is 6.07 Å². The van der Waals surface area contributed by atoms with Gasteiger partial charge in [-0.1, -0.05) is 16.8 Å². The second-order valence-corrected chi connectivity index (χ2v) is 7.41. The summed E-state index contributed by atoms with van der Waals surface area (Å²) in [4.78, 5) is 31.5. The average Bonchev–Trinajstić information content (AvgIpc) is 3.38. The summed E-state index contributed by atoms with van der Waals surface area (Å²) >= 11 is 0. The number of hydrogen-bond donors (Lipinski definition) is 2. The van der Waals surface area contributed by atoms with Crippen LogP contribution in [0.3, 0.4) is 0 Å². The van der Waals surface area contributed by atoms with Gasteiger partial charge in [0.25, 0.3) is 5.56 Å². The number of H-pyrrole nitrogens is 1. The van der Waals surface area contributed by atoms with E-state index in [9.17, 15) is 9.59 Å². The molecule has 1 saturated heterocycles. The van der Waals surface area contributed by atoms with Crippen molar-refractivity contribution >= 4 is 16.8 Å². The number of pyridine rings is 1. The Labute approximate surface area is 167 Å². The summed E-state index contributed by atoms with van der Waals surface area (Å²) in [5.41, 5.74) is 1.97. The SMILES string of the molecule is Cc1ccc2[nH]c(=O)c(-c3noc(CCCC(=O)NCC4CCCO4)n3)cc2c1. The smallest absolute Gasteiger partial charge is 0.259 e. The van der Waals surface area contributed by atoms with Crippen LogP contribution >= 0.6 is 0 Å². The summed E-state index contributed by atoms with van der Waals surface area (Å²) < 4.78 is 10.8. The standard InChI is InChI=1S/C21H24N4O4/c1-13-7-8-17-14(10-13)11-16(21(27)23-17)20-24-19(29-25-20)6-2-5-18(26)22-12-15-4-3-9-28-15/h7-8,10-11,15H,2-6,9,12H2,1H3,(H,22,26)(H,23,27). The molecule has 1 aliphatic heterocycles. The monoisotopic (exact) mass is 396 g/mol. The van der Waals surface area contributed by atoms with Crippen LogP contribution in [0.2, 0.25) is 0 Å². The van der Waals surface area contributed by atoms with E-state index < -0.39 is 0 Å². The lowest BCUT2D eigenvalue weighted by Gasteiger charge is -2.10. The predicted molar refractivity (Wildman–Crippen MR) is 108 cm³/mol. The lowest BCUT2D eigenvalue weighted by molar-refractivity contribution is -0.121. The van der Waals surface area contributed by atoms with Gasteiger partial charge in [0.05, 0.1) is 11.7 Å². The maximum absolute atomic E-state index is 12.4. The summed E-state index contributed by atoms with van der Waals surface area (Å²) in [5, 5.41) is 7.75. The van der Waals surface area contributed by atoms with Crippen LogP contribution < -0.4 is 10.9 Å². The highest BCUT2D eigenvalue weighted by Crippen LogP contribution is 2.19. The van der Waals surface area contributed by atoms with E-state index in [2.05, 4.69) is 20.4 Å². The number of amides is 1. The molecule has 0 bridgehead atoms. The lowest BCUT2D eigenvalue weighted by Crippen LogP contribution is -2.31. The highest BCUT2D eigenvalue weighted by Gasteiger charge is 2.17. The molecule has 1 amide bonds. The fourth-order valence-electron chi connectivity index (χ4n) is 3.48. The van der Waals surface area contributed by atoms with Crippen LogP contribution in [0.1, 0.15) is 37.1 Å². The molecule has 3 aromatic rings. The Morgan fingerprint density at radius 1 is 1.34 bits per heavy atom. The maximum Gasteiger partial charge on any atom is 0.259 e. The van der Waals surface area contributed by atoms with E-state index in [1.165, 1.54) is 0 Å². The third-order valence-corrected chi connectivity index (χ3v) is 5.05. The number of benzene rings is 1. The number of carbonyl (C=O) groups excluding carboxylic acids is 1. The normalized spacial score (nSPS) is 16.4. The van der Waals surface area contributed by atoms with Crippen molar-refractivity contribution in [3.8, 4) is 11.4 Å². The first-order chi connectivity index (χ1) is 14.1. The van der Waals surface area contributed by atoms with Gasteiger partial charge in [-0.25, -0.2) is 0 Å². The Kier molecular flexibility index (Phi) is 5.71. The molecule has 2 aromatic heterocycles. The number of rotatable bonds is 7. The molecule has 0 spiro atoms. The second-order valence-electron chi connectivity index (χ2n) is 7.41. The number of aromatic nitrogens is 3. The highest BCUT2D eigenvalue weighted by molar-refractivity contribution is 5.82. The Morgan fingerprint density at radius 2 is 2.24 bits per heavy atom. The largest absolute Gasteiger partial charge is 0.376 e. The zero-order valence-electron chi connectivity index (χ0n) is 16.4. The van der Waals surface area contributed by atoms with Gasteiger partial charge in [0.15, 0.2) is 0 Å². The van der Waals surface area contributed by atoms with Gasteiger partial charge in [-0.3, -0.25) is 9.59 Å². The summed E-state index contributed by atoms with van der Waals surface area (Å²) in [6, 6.07) is 7.59. The highest BCUT2D eigenvalue weighted by atomic mass is 16.5. The van der Waals surface area contributed by atoms with Crippen molar-refractivity contribution in [1.29, 1.82) is 0 Å². The summed E-state index contributed by atoms with van der Waals surface area (Å²) in [6.45, 7) is 3.33. The zero-order chi connectivity index (χ0) is 20.2. The fourth-order valence-corrected chi connectivity index (χ4v) is 3.48. The number of nitrogens with zero attached hydrogens (tertiary/aromatic N) is 2. The first-order valence-corrected chi connectivity index (χ1v) is 9.93. The Hall–Kier alpha value is -3.00. The van der Waals surface area contributed by atoms with Crippen molar-refractivity contribution in [2.45, 2.75) is 45.1 Å². The van der Waals surface area contributed by atoms with Crippen LogP contribution in [0.5, 0.6) is 0 Å². The van der Waals surface area contributed by atoms with Crippen LogP contribution in [-0.2, 0) is 16.0 Å². The number of carbonyl (C=O) groups is 1. The van der Waals surface area contributed by atoms with Gasteiger partial charge in [0.1, 0.15) is 0 Å². The number of aromatic amines is 1. The molecule has 152 valence electrons. The molecule has 1 aliphatic rings. The van der Waals surface area contributed by atoms with E-state index >= 15 is 0 Å². The topological polar surface area (TPSA) is 110 Å². The van der Waals surface area contributed by atoms with Gasteiger partial charge in [0.2, 0.25) is 17.6 Å². The molecule has 0 aliphatic carbocycles. The molecule has 1 atom stereocenters. The number of nitrogens with one attached hydrogen (secondary N) is 2. The third-order valence-electron chi connectivity index (χ3n) is 5.05. The number of ether oxygens (including phenoxy) is 1. The molecule has 29 heavy (non-hydrogen) atoms. The molecular formula is C21H24N4O4. The molecule has 1 aromatic carbocycles. The van der Waals surface area contributed by atoms with E-state index in [0.29, 0.717) is 37.3 Å². The number of aryl methyl sites for hydroxylation is 2. The summed E-state index contributed by atoms with van der Waals surface area (Å²) in [6.07, 6.45) is 3.64. The van der Waals surface area contributed by atoms with Gasteiger partial charge in [-0.2, -0.15) is 4.98 Å². The molecule has 8 heteroatoms. The van der Waals surface area contributed by atoms with Crippen LogP contribution in [0, 0.1) is 6.92 Å².